The maximum absolute atomic E-state index is 10.8. The van der Waals surface area contributed by atoms with E-state index in [9.17, 15) is 4.79 Å². The molecular weight excluding hydrogens is 324 g/mol. The van der Waals surface area contributed by atoms with Gasteiger partial charge in [-0.2, -0.15) is 0 Å². The van der Waals surface area contributed by atoms with Crippen molar-refractivity contribution in [2.45, 2.75) is 0 Å². The fourth-order valence-corrected chi connectivity index (χ4v) is 0.925. The maximum atomic E-state index is 10.8. The largest absolute Gasteiger partial charge is 2.00 e. The van der Waals surface area contributed by atoms with Gasteiger partial charge in [0.1, 0.15) is 11.3 Å². The van der Waals surface area contributed by atoms with Crippen LogP contribution >= 0.6 is 23.0 Å². The van der Waals surface area contributed by atoms with Gasteiger partial charge in [0.05, 0.1) is 0 Å². The van der Waals surface area contributed by atoms with Crippen molar-refractivity contribution in [1.29, 1.82) is 0 Å². The normalized spacial score (nSPS) is 8.42. The van der Waals surface area contributed by atoms with Gasteiger partial charge in [-0.05, 0) is 12.1 Å². The molecule has 12 heavy (non-hydrogen) atoms. The summed E-state index contributed by atoms with van der Waals surface area (Å²) >= 11 is 1.47. The minimum atomic E-state index is -0.538. The number of rotatable bonds is 1. The van der Waals surface area contributed by atoms with Gasteiger partial charge in [-0.1, -0.05) is 12.1 Å². The maximum Gasteiger partial charge on any atom is 2.00 e. The second kappa shape index (κ2) is 5.48. The molecule has 0 bridgehead atoms. The Balaban J connectivity index is 0.00000121. The molecule has 1 N–H and O–H groups in total. The predicted molar refractivity (Wildman–Crippen MR) is 47.5 cm³/mol. The number of para-hydroxylation sites is 1. The summed E-state index contributed by atoms with van der Waals surface area (Å²) in [5.41, 5.74) is 0.182. The van der Waals surface area contributed by atoms with Gasteiger partial charge in [-0.15, -0.1) is 0 Å². The number of carbonyl (C=O) groups excluding carboxylic acids is 1. The number of carbonyl (C=O) groups is 1. The molecule has 0 aliphatic carbocycles. The van der Waals surface area contributed by atoms with Crippen molar-refractivity contribution in [3.63, 3.8) is 0 Å². The van der Waals surface area contributed by atoms with Crippen LogP contribution in [0.15, 0.2) is 24.3 Å². The van der Waals surface area contributed by atoms with E-state index in [0.717, 1.165) is 0 Å². The zero-order valence-electron chi connectivity index (χ0n) is 6.16. The van der Waals surface area contributed by atoms with Crippen LogP contribution in [0.1, 0.15) is 10.4 Å². The van der Waals surface area contributed by atoms with Crippen LogP contribution in [0.2, 0.25) is 0 Å². The molecule has 5 heteroatoms. The van der Waals surface area contributed by atoms with Crippen LogP contribution in [0, 0.1) is 0 Å². The second-order valence-electron chi connectivity index (χ2n) is 1.88. The topological polar surface area (TPSA) is 46.5 Å². The summed E-state index contributed by atoms with van der Waals surface area (Å²) in [6, 6.07) is 6.22. The SMILES string of the molecule is O=C(OI)c1ccccc1O.[Zn+2]. The summed E-state index contributed by atoms with van der Waals surface area (Å²) in [4.78, 5) is 10.8. The van der Waals surface area contributed by atoms with E-state index in [1.165, 1.54) is 35.1 Å². The first-order valence-corrected chi connectivity index (χ1v) is 3.74. The molecule has 0 radical (unpaired) electrons. The van der Waals surface area contributed by atoms with Gasteiger partial charge in [-0.25, -0.2) is 4.79 Å². The molecule has 0 atom stereocenters. The van der Waals surface area contributed by atoms with E-state index < -0.39 is 5.97 Å². The van der Waals surface area contributed by atoms with Gasteiger partial charge in [0.15, 0.2) is 23.0 Å². The van der Waals surface area contributed by atoms with Gasteiger partial charge >= 0.3 is 25.4 Å². The van der Waals surface area contributed by atoms with Crippen LogP contribution in [0.3, 0.4) is 0 Å². The minimum absolute atomic E-state index is 0. The summed E-state index contributed by atoms with van der Waals surface area (Å²) < 4.78 is 4.39. The molecule has 0 fully saturated rings. The van der Waals surface area contributed by atoms with Crippen LogP contribution < -0.4 is 0 Å². The molecular formula is C7H5IO3Zn+2. The van der Waals surface area contributed by atoms with E-state index in [1.807, 2.05) is 0 Å². The Morgan fingerprint density at radius 3 is 2.50 bits per heavy atom. The number of halogens is 1. The molecule has 3 nitrogen and oxygen atoms in total. The molecule has 1 rings (SSSR count). The fourth-order valence-electron chi connectivity index (χ4n) is 0.688. The molecule has 0 saturated heterocycles. The molecule has 0 aliphatic heterocycles. The summed E-state index contributed by atoms with van der Waals surface area (Å²) in [5, 5.41) is 9.11. The van der Waals surface area contributed by atoms with Crippen molar-refractivity contribution in [3.8, 4) is 5.75 Å². The molecule has 0 saturated carbocycles. The molecule has 0 spiro atoms. The smallest absolute Gasteiger partial charge is 0.507 e. The van der Waals surface area contributed by atoms with E-state index in [0.29, 0.717) is 0 Å². The Bertz CT molecular complexity index is 277. The molecule has 1 aromatic carbocycles. The molecule has 0 heterocycles. The van der Waals surface area contributed by atoms with Crippen LogP contribution in [0.5, 0.6) is 5.75 Å². The van der Waals surface area contributed by atoms with E-state index in [-0.39, 0.29) is 30.8 Å². The quantitative estimate of drug-likeness (QED) is 0.632. The Labute approximate surface area is 96.6 Å². The number of hydrogen-bond acceptors (Lipinski definition) is 3. The van der Waals surface area contributed by atoms with Gasteiger partial charge in [0.25, 0.3) is 0 Å². The zero-order valence-corrected chi connectivity index (χ0v) is 11.3. The summed E-state index contributed by atoms with van der Waals surface area (Å²) in [5.74, 6) is -0.599. The van der Waals surface area contributed by atoms with Crippen molar-refractivity contribution < 1.29 is 32.4 Å². The third-order valence-electron chi connectivity index (χ3n) is 1.19. The summed E-state index contributed by atoms with van der Waals surface area (Å²) in [7, 11) is 0. The average Bonchev–Trinajstić information content (AvgIpc) is 2.04. The summed E-state index contributed by atoms with van der Waals surface area (Å²) in [6.45, 7) is 0. The van der Waals surface area contributed by atoms with Gasteiger partial charge < -0.3 is 8.17 Å². The Morgan fingerprint density at radius 1 is 1.42 bits per heavy atom. The third-order valence-corrected chi connectivity index (χ3v) is 1.59. The monoisotopic (exact) mass is 328 g/mol. The van der Waals surface area contributed by atoms with Crippen LogP contribution in [0.25, 0.3) is 0 Å². The molecule has 58 valence electrons. The Morgan fingerprint density at radius 2 is 2.00 bits per heavy atom. The van der Waals surface area contributed by atoms with Crippen molar-refractivity contribution in [1.82, 2.24) is 0 Å². The van der Waals surface area contributed by atoms with Crippen LogP contribution in [0.4, 0.5) is 0 Å². The van der Waals surface area contributed by atoms with E-state index >= 15 is 0 Å². The average molecular weight is 329 g/mol. The first kappa shape index (κ1) is 11.8. The third kappa shape index (κ3) is 2.71. The molecule has 1 aromatic rings. The van der Waals surface area contributed by atoms with E-state index in [1.54, 1.807) is 12.1 Å². The Kier molecular flexibility index (Phi) is 5.41. The molecule has 0 unspecified atom stereocenters. The molecule has 0 amide bonds. The Hall–Kier alpha value is -0.157. The van der Waals surface area contributed by atoms with Crippen molar-refractivity contribution in [2.24, 2.45) is 0 Å². The minimum Gasteiger partial charge on any atom is -0.507 e. The predicted octanol–water partition coefficient (Wildman–Crippen LogP) is 1.90. The molecule has 0 aromatic heterocycles. The van der Waals surface area contributed by atoms with Crippen molar-refractivity contribution in [2.75, 3.05) is 0 Å². The van der Waals surface area contributed by atoms with Crippen molar-refractivity contribution >= 4 is 29.0 Å². The van der Waals surface area contributed by atoms with Gasteiger partial charge in [0.2, 0.25) is 0 Å². The fraction of sp³-hybridized carbons (Fsp3) is 0. The number of hydrogen-bond donors (Lipinski definition) is 1. The van der Waals surface area contributed by atoms with Gasteiger partial charge in [0, 0.05) is 0 Å². The van der Waals surface area contributed by atoms with Crippen LogP contribution in [-0.2, 0) is 22.5 Å². The molecule has 0 aliphatic rings. The number of phenols is 1. The van der Waals surface area contributed by atoms with E-state index in [4.69, 9.17) is 5.11 Å². The second-order valence-corrected chi connectivity index (χ2v) is 2.32. The van der Waals surface area contributed by atoms with Crippen molar-refractivity contribution in [3.05, 3.63) is 29.8 Å². The van der Waals surface area contributed by atoms with Gasteiger partial charge in [-0.3, -0.25) is 0 Å². The summed E-state index contributed by atoms with van der Waals surface area (Å²) in [6.07, 6.45) is 0. The van der Waals surface area contributed by atoms with Crippen LogP contribution in [-0.4, -0.2) is 11.1 Å². The zero-order chi connectivity index (χ0) is 8.27. The number of benzene rings is 1. The van der Waals surface area contributed by atoms with E-state index in [2.05, 4.69) is 3.07 Å². The first-order chi connectivity index (χ1) is 5.25. The number of aromatic hydroxyl groups is 1. The standard InChI is InChI=1S/C7H5IO3.Zn/c8-11-7(10)5-3-1-2-4-6(5)9;/h1-4,9H;/q;+2. The number of phenolic OH excluding ortho intramolecular Hbond substituents is 1. The first-order valence-electron chi connectivity index (χ1n) is 2.86.